The van der Waals surface area contributed by atoms with Crippen LogP contribution in [0.25, 0.3) is 0 Å². The minimum Gasteiger partial charge on any atom is -0.461 e. The van der Waals surface area contributed by atoms with Crippen LogP contribution in [-0.2, 0) is 16.1 Å². The number of carbonyl (C=O) groups excluding carboxylic acids is 2. The summed E-state index contributed by atoms with van der Waals surface area (Å²) in [4.78, 5) is 27.3. The molecule has 140 valence electrons. The van der Waals surface area contributed by atoms with Crippen LogP contribution in [0.5, 0.6) is 0 Å². The monoisotopic (exact) mass is 435 g/mol. The van der Waals surface area contributed by atoms with Gasteiger partial charge >= 0.3 is 5.97 Å². The molecule has 0 saturated carbocycles. The molecule has 0 N–H and O–H groups in total. The number of hydrogen-bond acceptors (Lipinski definition) is 3. The molecule has 0 aromatic heterocycles. The average molecular weight is 436 g/mol. The van der Waals surface area contributed by atoms with Crippen LogP contribution < -0.4 is 4.90 Å². The van der Waals surface area contributed by atoms with Gasteiger partial charge in [0.1, 0.15) is 6.61 Å². The summed E-state index contributed by atoms with van der Waals surface area (Å²) in [6.07, 6.45) is 0.0942. The van der Waals surface area contributed by atoms with E-state index >= 15 is 0 Å². The number of para-hydroxylation sites is 1. The molecule has 1 atom stereocenters. The first-order valence-electron chi connectivity index (χ1n) is 9.01. The van der Waals surface area contributed by atoms with Gasteiger partial charge in [0.25, 0.3) is 5.91 Å². The van der Waals surface area contributed by atoms with Gasteiger partial charge in [-0.1, -0.05) is 64.5 Å². The van der Waals surface area contributed by atoms with E-state index in [1.165, 1.54) is 0 Å². The number of esters is 1. The number of benzene rings is 3. The fraction of sp³-hybridized carbons (Fsp3) is 0.130. The van der Waals surface area contributed by atoms with E-state index in [4.69, 9.17) is 4.74 Å². The van der Waals surface area contributed by atoms with Gasteiger partial charge in [-0.05, 0) is 41.5 Å². The Hall–Kier alpha value is -2.92. The molecule has 4 nitrogen and oxygen atoms in total. The van der Waals surface area contributed by atoms with Crippen LogP contribution in [0, 0.1) is 0 Å². The lowest BCUT2D eigenvalue weighted by molar-refractivity contribution is -0.145. The molecule has 0 bridgehead atoms. The van der Waals surface area contributed by atoms with Crippen molar-refractivity contribution in [2.45, 2.75) is 19.1 Å². The van der Waals surface area contributed by atoms with Crippen LogP contribution in [0.4, 0.5) is 5.69 Å². The third-order valence-corrected chi connectivity index (χ3v) is 5.26. The molecule has 0 aliphatic carbocycles. The van der Waals surface area contributed by atoms with Crippen molar-refractivity contribution in [1.82, 2.24) is 0 Å². The van der Waals surface area contributed by atoms with Crippen molar-refractivity contribution in [3.63, 3.8) is 0 Å². The number of carbonyl (C=O) groups is 2. The highest BCUT2D eigenvalue weighted by atomic mass is 79.9. The predicted octanol–water partition coefficient (Wildman–Crippen LogP) is 5.28. The molecular formula is C23H18BrNO3. The number of hydrogen-bond donors (Lipinski definition) is 0. The molecule has 0 fully saturated rings. The second-order valence-corrected chi connectivity index (χ2v) is 7.52. The second kappa shape index (κ2) is 7.98. The van der Waals surface area contributed by atoms with Crippen molar-refractivity contribution >= 4 is 33.5 Å². The number of amides is 1. The molecule has 1 heterocycles. The molecular weight excluding hydrogens is 418 g/mol. The van der Waals surface area contributed by atoms with Gasteiger partial charge in [-0.15, -0.1) is 0 Å². The van der Waals surface area contributed by atoms with Crippen LogP contribution in [0.15, 0.2) is 83.3 Å². The number of halogens is 1. The Morgan fingerprint density at radius 2 is 1.64 bits per heavy atom. The predicted molar refractivity (Wildman–Crippen MR) is 111 cm³/mol. The van der Waals surface area contributed by atoms with Gasteiger partial charge < -0.3 is 9.64 Å². The van der Waals surface area contributed by atoms with E-state index in [9.17, 15) is 9.59 Å². The minimum atomic E-state index is -0.398. The zero-order valence-corrected chi connectivity index (χ0v) is 16.6. The summed E-state index contributed by atoms with van der Waals surface area (Å²) in [7, 11) is 0. The minimum absolute atomic E-state index is 0.0942. The number of fused-ring (bicyclic) bond motifs is 1. The van der Waals surface area contributed by atoms with E-state index in [0.29, 0.717) is 5.56 Å². The lowest BCUT2D eigenvalue weighted by atomic mass is 10.0. The summed E-state index contributed by atoms with van der Waals surface area (Å²) in [5, 5.41) is 0. The van der Waals surface area contributed by atoms with Gasteiger partial charge in [0, 0.05) is 15.7 Å². The molecule has 1 unspecified atom stereocenters. The van der Waals surface area contributed by atoms with Crippen LogP contribution in [0.3, 0.4) is 0 Å². The average Bonchev–Trinajstić information content (AvgIpc) is 2.99. The van der Waals surface area contributed by atoms with Crippen molar-refractivity contribution in [2.24, 2.45) is 0 Å². The smallest absolute Gasteiger partial charge is 0.308 e. The molecule has 1 amide bonds. The van der Waals surface area contributed by atoms with E-state index < -0.39 is 6.04 Å². The normalized spacial score (nSPS) is 15.4. The van der Waals surface area contributed by atoms with Gasteiger partial charge in [0.15, 0.2) is 0 Å². The van der Waals surface area contributed by atoms with E-state index in [2.05, 4.69) is 15.9 Å². The first-order valence-corrected chi connectivity index (χ1v) is 9.80. The van der Waals surface area contributed by atoms with E-state index in [-0.39, 0.29) is 24.9 Å². The molecule has 3 aromatic rings. The summed E-state index contributed by atoms with van der Waals surface area (Å²) in [5.74, 6) is -0.440. The highest BCUT2D eigenvalue weighted by Crippen LogP contribution is 2.40. The summed E-state index contributed by atoms with van der Waals surface area (Å²) in [5.41, 5.74) is 3.15. The van der Waals surface area contributed by atoms with Gasteiger partial charge in [-0.3, -0.25) is 9.59 Å². The highest BCUT2D eigenvalue weighted by molar-refractivity contribution is 9.10. The summed E-state index contributed by atoms with van der Waals surface area (Å²) < 4.78 is 6.34. The first-order chi connectivity index (χ1) is 13.6. The third-order valence-electron chi connectivity index (χ3n) is 4.77. The molecule has 28 heavy (non-hydrogen) atoms. The second-order valence-electron chi connectivity index (χ2n) is 6.61. The maximum absolute atomic E-state index is 13.0. The number of ether oxygens (including phenoxy) is 1. The van der Waals surface area contributed by atoms with Crippen LogP contribution in [0.2, 0.25) is 0 Å². The molecule has 4 rings (SSSR count). The maximum Gasteiger partial charge on any atom is 0.308 e. The van der Waals surface area contributed by atoms with Crippen molar-refractivity contribution in [2.75, 3.05) is 4.90 Å². The highest BCUT2D eigenvalue weighted by Gasteiger charge is 2.39. The molecule has 1 aliphatic heterocycles. The fourth-order valence-electron chi connectivity index (χ4n) is 3.46. The summed E-state index contributed by atoms with van der Waals surface area (Å²) >= 11 is 3.47. The largest absolute Gasteiger partial charge is 0.461 e. The molecule has 3 aromatic carbocycles. The molecule has 1 aliphatic rings. The summed E-state index contributed by atoms with van der Waals surface area (Å²) in [6, 6.07) is 24.1. The first kappa shape index (κ1) is 18.4. The van der Waals surface area contributed by atoms with Gasteiger partial charge in [-0.25, -0.2) is 0 Å². The quantitative estimate of drug-likeness (QED) is 0.511. The number of rotatable bonds is 5. The Bertz CT molecular complexity index is 1000. The number of nitrogens with zero attached hydrogens (tertiary/aromatic N) is 1. The lowest BCUT2D eigenvalue weighted by Crippen LogP contribution is -2.29. The van der Waals surface area contributed by atoms with E-state index in [1.807, 2.05) is 72.8 Å². The molecule has 0 radical (unpaired) electrons. The standard InChI is InChI=1S/C23H18BrNO3/c24-17-11-12-19-20(13-17)21(25(23(19)27)18-9-5-2-6-10-18)14-22(26)28-15-16-7-3-1-4-8-16/h1-13,21H,14-15H2. The van der Waals surface area contributed by atoms with Crippen molar-refractivity contribution in [3.05, 3.63) is 100 Å². The van der Waals surface area contributed by atoms with E-state index in [1.54, 1.807) is 11.0 Å². The molecule has 0 spiro atoms. The van der Waals surface area contributed by atoms with Crippen LogP contribution in [-0.4, -0.2) is 11.9 Å². The third kappa shape index (κ3) is 3.71. The SMILES string of the molecule is O=C(CC1c2cc(Br)ccc2C(=O)N1c1ccccc1)OCc1ccccc1. The van der Waals surface area contributed by atoms with Crippen molar-refractivity contribution < 1.29 is 14.3 Å². The topological polar surface area (TPSA) is 46.6 Å². The van der Waals surface area contributed by atoms with Gasteiger partial charge in [0.2, 0.25) is 0 Å². The Balaban J connectivity index is 1.59. The zero-order valence-electron chi connectivity index (χ0n) is 15.0. The van der Waals surface area contributed by atoms with Crippen molar-refractivity contribution in [3.8, 4) is 0 Å². The maximum atomic E-state index is 13.0. The zero-order chi connectivity index (χ0) is 19.5. The van der Waals surface area contributed by atoms with Gasteiger partial charge in [-0.2, -0.15) is 0 Å². The lowest BCUT2D eigenvalue weighted by Gasteiger charge is -2.25. The molecule has 5 heteroatoms. The van der Waals surface area contributed by atoms with Crippen molar-refractivity contribution in [1.29, 1.82) is 0 Å². The van der Waals surface area contributed by atoms with E-state index in [0.717, 1.165) is 21.3 Å². The van der Waals surface area contributed by atoms with Crippen LogP contribution in [0.1, 0.15) is 33.9 Å². The number of anilines is 1. The fourth-order valence-corrected chi connectivity index (χ4v) is 3.84. The Morgan fingerprint density at radius 3 is 2.36 bits per heavy atom. The molecule has 0 saturated heterocycles. The van der Waals surface area contributed by atoms with Gasteiger partial charge in [0.05, 0.1) is 12.5 Å². The Kier molecular flexibility index (Phi) is 5.26. The summed E-state index contributed by atoms with van der Waals surface area (Å²) in [6.45, 7) is 0.219. The Labute approximate surface area is 171 Å². The Morgan fingerprint density at radius 1 is 0.964 bits per heavy atom. The van der Waals surface area contributed by atoms with Crippen LogP contribution >= 0.6 is 15.9 Å².